The third kappa shape index (κ3) is 5.25. The smallest absolute Gasteiger partial charge is 0.317 e. The summed E-state index contributed by atoms with van der Waals surface area (Å²) in [5, 5.41) is 3.35. The highest BCUT2D eigenvalue weighted by Crippen LogP contribution is 2.42. The fourth-order valence-electron chi connectivity index (χ4n) is 3.72. The lowest BCUT2D eigenvalue weighted by molar-refractivity contribution is -0.149. The Labute approximate surface area is 179 Å². The largest absolute Gasteiger partial charge is 0.457 e. The molecule has 0 saturated heterocycles. The molecule has 0 bridgehead atoms. The zero-order valence-electron chi connectivity index (χ0n) is 16.3. The van der Waals surface area contributed by atoms with Gasteiger partial charge in [0.15, 0.2) is 6.61 Å². The van der Waals surface area contributed by atoms with E-state index in [0.717, 1.165) is 23.3 Å². The molecular weight excluding hydrogens is 410 g/mol. The molecule has 7 heteroatoms. The van der Waals surface area contributed by atoms with Gasteiger partial charge in [-0.05, 0) is 49.1 Å². The summed E-state index contributed by atoms with van der Waals surface area (Å²) >= 11 is 7.35. The predicted octanol–water partition coefficient (Wildman–Crippen LogP) is 4.32. The van der Waals surface area contributed by atoms with E-state index in [-0.39, 0.29) is 24.3 Å². The molecular formula is C22H24ClNO4S. The summed E-state index contributed by atoms with van der Waals surface area (Å²) in [7, 11) is 0. The van der Waals surface area contributed by atoms with Gasteiger partial charge in [-0.25, -0.2) is 0 Å². The van der Waals surface area contributed by atoms with E-state index in [2.05, 4.69) is 5.32 Å². The lowest BCUT2D eigenvalue weighted by Crippen LogP contribution is -2.35. The van der Waals surface area contributed by atoms with Gasteiger partial charge in [-0.2, -0.15) is 0 Å². The van der Waals surface area contributed by atoms with E-state index in [1.54, 1.807) is 18.2 Å². The molecule has 0 unspecified atom stereocenters. The van der Waals surface area contributed by atoms with Crippen molar-refractivity contribution in [1.82, 2.24) is 5.32 Å². The van der Waals surface area contributed by atoms with Crippen LogP contribution in [0.1, 0.15) is 52.7 Å². The molecule has 1 saturated carbocycles. The monoisotopic (exact) mass is 433 g/mol. The topological polar surface area (TPSA) is 72.5 Å². The number of hydrogen-bond donors (Lipinski definition) is 1. The highest BCUT2D eigenvalue weighted by molar-refractivity contribution is 7.14. The maximum absolute atomic E-state index is 13.0. The number of esters is 1. The van der Waals surface area contributed by atoms with Crippen LogP contribution >= 0.6 is 22.9 Å². The van der Waals surface area contributed by atoms with Gasteiger partial charge < -0.3 is 10.1 Å². The van der Waals surface area contributed by atoms with Gasteiger partial charge in [0, 0.05) is 23.4 Å². The number of hydrogen-bond acceptors (Lipinski definition) is 5. The van der Waals surface area contributed by atoms with Crippen LogP contribution in [-0.4, -0.2) is 30.8 Å². The predicted molar refractivity (Wildman–Crippen MR) is 114 cm³/mol. The molecule has 1 N–H and O–H groups in total. The molecule has 29 heavy (non-hydrogen) atoms. The minimum absolute atomic E-state index is 0.0775. The summed E-state index contributed by atoms with van der Waals surface area (Å²) in [6.45, 7) is 1.74. The van der Waals surface area contributed by atoms with Crippen LogP contribution in [-0.2, 0) is 26.2 Å². The third-order valence-corrected chi connectivity index (χ3v) is 6.70. The molecule has 2 aromatic rings. The Bertz CT molecular complexity index is 884. The SMILES string of the molecule is CC(=O)NCCc1ccc(C(=O)COC(=O)C2(c3ccc(Cl)cc3)CCCC2)s1. The average molecular weight is 434 g/mol. The van der Waals surface area contributed by atoms with E-state index >= 15 is 0 Å². The number of carbonyl (C=O) groups is 3. The molecule has 1 aliphatic carbocycles. The molecule has 1 aliphatic rings. The van der Waals surface area contributed by atoms with E-state index < -0.39 is 5.41 Å². The lowest BCUT2D eigenvalue weighted by Gasteiger charge is -2.27. The van der Waals surface area contributed by atoms with Crippen LogP contribution in [0.4, 0.5) is 0 Å². The lowest BCUT2D eigenvalue weighted by atomic mass is 9.79. The summed E-state index contributed by atoms with van der Waals surface area (Å²) in [5.41, 5.74) is 0.206. The molecule has 0 aliphatic heterocycles. The fourth-order valence-corrected chi connectivity index (χ4v) is 4.78. The second-order valence-electron chi connectivity index (χ2n) is 7.29. The van der Waals surface area contributed by atoms with Crippen LogP contribution in [0.25, 0.3) is 0 Å². The van der Waals surface area contributed by atoms with Crippen molar-refractivity contribution in [1.29, 1.82) is 0 Å². The zero-order chi connectivity index (χ0) is 20.9. The van der Waals surface area contributed by atoms with Gasteiger partial charge in [0.2, 0.25) is 11.7 Å². The van der Waals surface area contributed by atoms with Crippen LogP contribution in [0.5, 0.6) is 0 Å². The molecule has 0 radical (unpaired) electrons. The number of rotatable bonds is 8. The van der Waals surface area contributed by atoms with Crippen molar-refractivity contribution < 1.29 is 19.1 Å². The summed E-state index contributed by atoms with van der Waals surface area (Å²) < 4.78 is 5.48. The van der Waals surface area contributed by atoms with Crippen LogP contribution in [0, 0.1) is 0 Å². The van der Waals surface area contributed by atoms with E-state index in [1.165, 1.54) is 18.3 Å². The van der Waals surface area contributed by atoms with Crippen molar-refractivity contribution in [3.05, 3.63) is 56.7 Å². The van der Waals surface area contributed by atoms with Crippen molar-refractivity contribution >= 4 is 40.6 Å². The Hall–Kier alpha value is -2.18. The molecule has 154 valence electrons. The van der Waals surface area contributed by atoms with Crippen molar-refractivity contribution in [2.45, 2.75) is 44.4 Å². The van der Waals surface area contributed by atoms with Crippen molar-refractivity contribution in [3.63, 3.8) is 0 Å². The van der Waals surface area contributed by atoms with E-state index in [1.807, 2.05) is 18.2 Å². The van der Waals surface area contributed by atoms with Gasteiger partial charge in [-0.15, -0.1) is 11.3 Å². The van der Waals surface area contributed by atoms with Crippen LogP contribution in [0.15, 0.2) is 36.4 Å². The van der Waals surface area contributed by atoms with Crippen LogP contribution in [0.3, 0.4) is 0 Å². The molecule has 5 nitrogen and oxygen atoms in total. The minimum Gasteiger partial charge on any atom is -0.457 e. The van der Waals surface area contributed by atoms with Crippen LogP contribution in [0.2, 0.25) is 5.02 Å². The summed E-state index contributed by atoms with van der Waals surface area (Å²) in [6, 6.07) is 10.9. The second kappa shape index (κ2) is 9.55. The Kier molecular flexibility index (Phi) is 7.09. The van der Waals surface area contributed by atoms with Gasteiger partial charge in [-0.1, -0.05) is 36.6 Å². The molecule has 1 heterocycles. The third-order valence-electron chi connectivity index (χ3n) is 5.26. The summed E-state index contributed by atoms with van der Waals surface area (Å²) in [5.74, 6) is -0.627. The number of Topliss-reactive ketones (excluding diaryl/α,β-unsaturated/α-hetero) is 1. The minimum atomic E-state index is -0.691. The first-order valence-corrected chi connectivity index (χ1v) is 10.9. The highest BCUT2D eigenvalue weighted by Gasteiger charge is 2.44. The molecule has 0 spiro atoms. The summed E-state index contributed by atoms with van der Waals surface area (Å²) in [6.07, 6.45) is 4.00. The van der Waals surface area contributed by atoms with Gasteiger partial charge >= 0.3 is 5.97 Å². The molecule has 1 fully saturated rings. The Morgan fingerprint density at radius 2 is 1.79 bits per heavy atom. The first kappa shape index (κ1) is 21.5. The van der Waals surface area contributed by atoms with Gasteiger partial charge in [0.05, 0.1) is 10.3 Å². The molecule has 1 aromatic carbocycles. The fraction of sp³-hybridized carbons (Fsp3) is 0.409. The number of benzene rings is 1. The first-order valence-electron chi connectivity index (χ1n) is 9.70. The van der Waals surface area contributed by atoms with Crippen LogP contribution < -0.4 is 5.32 Å². The Morgan fingerprint density at radius 1 is 1.10 bits per heavy atom. The number of ketones is 1. The van der Waals surface area contributed by atoms with E-state index in [0.29, 0.717) is 35.7 Å². The van der Waals surface area contributed by atoms with Crippen molar-refractivity contribution in [2.24, 2.45) is 0 Å². The summed E-state index contributed by atoms with van der Waals surface area (Å²) in [4.78, 5) is 37.9. The number of ether oxygens (including phenoxy) is 1. The molecule has 0 atom stereocenters. The maximum Gasteiger partial charge on any atom is 0.317 e. The normalized spacial score (nSPS) is 15.1. The number of carbonyl (C=O) groups excluding carboxylic acids is 3. The number of thiophene rings is 1. The maximum atomic E-state index is 13.0. The van der Waals surface area contributed by atoms with E-state index in [9.17, 15) is 14.4 Å². The zero-order valence-corrected chi connectivity index (χ0v) is 17.9. The van der Waals surface area contributed by atoms with Gasteiger partial charge in [-0.3, -0.25) is 14.4 Å². The second-order valence-corrected chi connectivity index (χ2v) is 8.90. The first-order chi connectivity index (χ1) is 13.9. The van der Waals surface area contributed by atoms with E-state index in [4.69, 9.17) is 16.3 Å². The molecule has 3 rings (SSSR count). The number of halogens is 1. The molecule has 1 aromatic heterocycles. The highest BCUT2D eigenvalue weighted by atomic mass is 35.5. The average Bonchev–Trinajstić information content (AvgIpc) is 3.37. The Morgan fingerprint density at radius 3 is 2.45 bits per heavy atom. The standard InChI is InChI=1S/C22H24ClNO4S/c1-15(25)24-13-10-18-8-9-20(29-18)19(26)14-28-21(27)22(11-2-3-12-22)16-4-6-17(23)7-5-16/h4-9H,2-3,10-14H2,1H3,(H,24,25). The van der Waals surface area contributed by atoms with Crippen molar-refractivity contribution in [2.75, 3.05) is 13.2 Å². The Balaban J connectivity index is 1.60. The van der Waals surface area contributed by atoms with Gasteiger partial charge in [0.25, 0.3) is 0 Å². The number of amides is 1. The van der Waals surface area contributed by atoms with Crippen molar-refractivity contribution in [3.8, 4) is 0 Å². The van der Waals surface area contributed by atoms with Gasteiger partial charge in [0.1, 0.15) is 0 Å². The quantitative estimate of drug-likeness (QED) is 0.497. The molecule has 1 amide bonds. The number of nitrogens with one attached hydrogen (secondary N) is 1.